The van der Waals surface area contributed by atoms with Gasteiger partial charge < -0.3 is 20.5 Å². The number of benzene rings is 2. The van der Waals surface area contributed by atoms with E-state index < -0.39 is 23.4 Å². The molecule has 3 N–H and O–H groups in total. The molecule has 1 saturated heterocycles. The number of esters is 1. The molecule has 1 atom stereocenters. The van der Waals surface area contributed by atoms with Crippen molar-refractivity contribution >= 4 is 35.1 Å². The maximum Gasteiger partial charge on any atom is 0.335 e. The number of nitrogens with one attached hydrogen (secondary N) is 2. The number of carboxylic acids is 1. The molecule has 31 heavy (non-hydrogen) atoms. The zero-order valence-electron chi connectivity index (χ0n) is 16.7. The van der Waals surface area contributed by atoms with Gasteiger partial charge in [-0.15, -0.1) is 0 Å². The van der Waals surface area contributed by atoms with Crippen LogP contribution in [0.3, 0.4) is 0 Å². The summed E-state index contributed by atoms with van der Waals surface area (Å²) in [5, 5.41) is 14.5. The third kappa shape index (κ3) is 4.28. The maximum atomic E-state index is 12.9. The molecular weight excluding hydrogens is 400 g/mol. The first-order valence-corrected chi connectivity index (χ1v) is 10.1. The van der Waals surface area contributed by atoms with E-state index in [0.29, 0.717) is 29.8 Å². The number of anilines is 2. The average molecular weight is 422 g/mol. The molecule has 1 spiro atoms. The van der Waals surface area contributed by atoms with Crippen LogP contribution < -0.4 is 10.6 Å². The number of rotatable bonds is 5. The summed E-state index contributed by atoms with van der Waals surface area (Å²) in [7, 11) is 0. The Morgan fingerprint density at radius 1 is 0.935 bits per heavy atom. The molecule has 2 aromatic rings. The summed E-state index contributed by atoms with van der Waals surface area (Å²) in [6, 6.07) is 12.3. The topological polar surface area (TPSA) is 122 Å². The molecule has 1 unspecified atom stereocenters. The third-order valence-electron chi connectivity index (χ3n) is 5.87. The van der Waals surface area contributed by atoms with Crippen LogP contribution in [-0.4, -0.2) is 34.5 Å². The molecular formula is C23H22N2O6. The van der Waals surface area contributed by atoms with E-state index in [9.17, 15) is 19.2 Å². The van der Waals surface area contributed by atoms with Crippen molar-refractivity contribution < 1.29 is 29.0 Å². The SMILES string of the molecule is O=C1CC(C(=O)Nc2cccc(C(=O)Nc3ccc(C(=O)O)cc3)c2)C2(CCCC2)O1. The monoisotopic (exact) mass is 422 g/mol. The van der Waals surface area contributed by atoms with Crippen molar-refractivity contribution in [3.63, 3.8) is 0 Å². The summed E-state index contributed by atoms with van der Waals surface area (Å²) >= 11 is 0. The molecule has 0 bridgehead atoms. The Kier molecular flexibility index (Phi) is 5.46. The first-order chi connectivity index (χ1) is 14.9. The van der Waals surface area contributed by atoms with Gasteiger partial charge in [0.2, 0.25) is 5.91 Å². The van der Waals surface area contributed by atoms with Gasteiger partial charge in [-0.1, -0.05) is 6.07 Å². The number of carbonyl (C=O) groups excluding carboxylic acids is 3. The molecule has 0 aromatic heterocycles. The molecule has 1 saturated carbocycles. The maximum absolute atomic E-state index is 12.9. The second-order valence-electron chi connectivity index (χ2n) is 7.91. The summed E-state index contributed by atoms with van der Waals surface area (Å²) in [6.45, 7) is 0. The standard InChI is InChI=1S/C23H22N2O6/c26-19-13-18(23(31-19)10-1-2-11-23)21(28)25-17-5-3-4-15(12-17)20(27)24-16-8-6-14(7-9-16)22(29)30/h3-9,12,18H,1-2,10-11,13H2,(H,24,27)(H,25,28)(H,29,30). The highest BCUT2D eigenvalue weighted by atomic mass is 16.6. The first-order valence-electron chi connectivity index (χ1n) is 10.1. The van der Waals surface area contributed by atoms with E-state index in [2.05, 4.69) is 10.6 Å². The van der Waals surface area contributed by atoms with Crippen LogP contribution in [0.2, 0.25) is 0 Å². The highest BCUT2D eigenvalue weighted by Crippen LogP contribution is 2.45. The quantitative estimate of drug-likeness (QED) is 0.635. The van der Waals surface area contributed by atoms with Gasteiger partial charge in [-0.3, -0.25) is 14.4 Å². The molecule has 8 nitrogen and oxygen atoms in total. The number of amides is 2. The Bertz CT molecular complexity index is 1040. The average Bonchev–Trinajstić information content (AvgIpc) is 3.34. The van der Waals surface area contributed by atoms with E-state index in [1.165, 1.54) is 24.3 Å². The van der Waals surface area contributed by atoms with Gasteiger partial charge in [0.25, 0.3) is 5.91 Å². The largest absolute Gasteiger partial charge is 0.478 e. The number of ether oxygens (including phenoxy) is 1. The molecule has 1 aliphatic heterocycles. The molecule has 1 heterocycles. The summed E-state index contributed by atoms with van der Waals surface area (Å²) < 4.78 is 5.53. The molecule has 2 fully saturated rings. The molecule has 0 radical (unpaired) electrons. The molecule has 2 aliphatic rings. The Morgan fingerprint density at radius 3 is 2.32 bits per heavy atom. The van der Waals surface area contributed by atoms with Crippen molar-refractivity contribution in [3.8, 4) is 0 Å². The van der Waals surface area contributed by atoms with Gasteiger partial charge >= 0.3 is 11.9 Å². The molecule has 160 valence electrons. The number of aromatic carboxylic acids is 1. The lowest BCUT2D eigenvalue weighted by Gasteiger charge is -2.27. The second-order valence-corrected chi connectivity index (χ2v) is 7.91. The fourth-order valence-electron chi connectivity index (χ4n) is 4.31. The van der Waals surface area contributed by atoms with E-state index in [1.54, 1.807) is 24.3 Å². The number of carboxylic acid groups (broad SMARTS) is 1. The number of carbonyl (C=O) groups is 4. The van der Waals surface area contributed by atoms with Crippen LogP contribution in [0.5, 0.6) is 0 Å². The lowest BCUT2D eigenvalue weighted by atomic mass is 9.85. The minimum Gasteiger partial charge on any atom is -0.478 e. The molecule has 1 aliphatic carbocycles. The van der Waals surface area contributed by atoms with Crippen molar-refractivity contribution in [3.05, 3.63) is 59.7 Å². The van der Waals surface area contributed by atoms with E-state index in [-0.39, 0.29) is 23.9 Å². The first kappa shape index (κ1) is 20.6. The minimum atomic E-state index is -1.05. The van der Waals surface area contributed by atoms with Gasteiger partial charge in [0, 0.05) is 16.9 Å². The van der Waals surface area contributed by atoms with Crippen molar-refractivity contribution in [1.82, 2.24) is 0 Å². The fourth-order valence-corrected chi connectivity index (χ4v) is 4.31. The van der Waals surface area contributed by atoms with Crippen LogP contribution >= 0.6 is 0 Å². The Balaban J connectivity index is 1.44. The summed E-state index contributed by atoms with van der Waals surface area (Å²) in [6.07, 6.45) is 3.32. The van der Waals surface area contributed by atoms with E-state index in [1.807, 2.05) is 0 Å². The summed E-state index contributed by atoms with van der Waals surface area (Å²) in [5.41, 5.74) is 0.658. The highest BCUT2D eigenvalue weighted by Gasteiger charge is 2.53. The van der Waals surface area contributed by atoms with Crippen molar-refractivity contribution in [2.45, 2.75) is 37.7 Å². The van der Waals surface area contributed by atoms with Crippen molar-refractivity contribution in [1.29, 1.82) is 0 Å². The van der Waals surface area contributed by atoms with Crippen molar-refractivity contribution in [2.75, 3.05) is 10.6 Å². The van der Waals surface area contributed by atoms with Gasteiger partial charge in [0.1, 0.15) is 5.60 Å². The van der Waals surface area contributed by atoms with E-state index in [4.69, 9.17) is 9.84 Å². The molecule has 2 aromatic carbocycles. The fraction of sp³-hybridized carbons (Fsp3) is 0.304. The third-order valence-corrected chi connectivity index (χ3v) is 5.87. The lowest BCUT2D eigenvalue weighted by Crippen LogP contribution is -2.39. The summed E-state index contributed by atoms with van der Waals surface area (Å²) in [5.74, 6) is -2.60. The molecule has 2 amide bonds. The highest BCUT2D eigenvalue weighted by molar-refractivity contribution is 6.06. The van der Waals surface area contributed by atoms with Gasteiger partial charge in [-0.25, -0.2) is 4.79 Å². The van der Waals surface area contributed by atoms with E-state index >= 15 is 0 Å². The van der Waals surface area contributed by atoms with Crippen LogP contribution in [0.15, 0.2) is 48.5 Å². The molecule has 4 rings (SSSR count). The zero-order chi connectivity index (χ0) is 22.0. The smallest absolute Gasteiger partial charge is 0.335 e. The Labute approximate surface area is 178 Å². The van der Waals surface area contributed by atoms with Crippen LogP contribution in [0.1, 0.15) is 52.8 Å². The number of hydrogen-bond donors (Lipinski definition) is 3. The van der Waals surface area contributed by atoms with Crippen LogP contribution in [0.25, 0.3) is 0 Å². The predicted octanol–water partition coefficient (Wildman–Crippen LogP) is 3.45. The van der Waals surface area contributed by atoms with Gasteiger partial charge in [0.05, 0.1) is 17.9 Å². The normalized spacial score (nSPS) is 19.1. The van der Waals surface area contributed by atoms with E-state index in [0.717, 1.165) is 12.8 Å². The minimum absolute atomic E-state index is 0.0678. The summed E-state index contributed by atoms with van der Waals surface area (Å²) in [4.78, 5) is 48.2. The van der Waals surface area contributed by atoms with Crippen LogP contribution in [0.4, 0.5) is 11.4 Å². The van der Waals surface area contributed by atoms with Crippen molar-refractivity contribution in [2.24, 2.45) is 5.92 Å². The van der Waals surface area contributed by atoms with Gasteiger partial charge in [0.15, 0.2) is 0 Å². The second kappa shape index (κ2) is 8.22. The van der Waals surface area contributed by atoms with Crippen LogP contribution in [-0.2, 0) is 14.3 Å². The van der Waals surface area contributed by atoms with Gasteiger partial charge in [-0.05, 0) is 68.1 Å². The zero-order valence-corrected chi connectivity index (χ0v) is 16.7. The predicted molar refractivity (Wildman–Crippen MR) is 112 cm³/mol. The number of hydrogen-bond acceptors (Lipinski definition) is 5. The lowest BCUT2D eigenvalue weighted by molar-refractivity contribution is -0.149. The van der Waals surface area contributed by atoms with Crippen LogP contribution in [0, 0.1) is 5.92 Å². The molecule has 8 heteroatoms. The van der Waals surface area contributed by atoms with Gasteiger partial charge in [-0.2, -0.15) is 0 Å². The Morgan fingerprint density at radius 2 is 1.65 bits per heavy atom. The Hall–Kier alpha value is -3.68.